The third kappa shape index (κ3) is 7.65. The highest BCUT2D eigenvalue weighted by Crippen LogP contribution is 2.32. The first kappa shape index (κ1) is 27.9. The highest BCUT2D eigenvalue weighted by Gasteiger charge is 2.38. The zero-order chi connectivity index (χ0) is 27.0. The lowest BCUT2D eigenvalue weighted by molar-refractivity contribution is -0.159. The molecule has 1 N–H and O–H groups in total. The zero-order valence-corrected chi connectivity index (χ0v) is 21.0. The quantitative estimate of drug-likeness (QED) is 0.207. The van der Waals surface area contributed by atoms with Crippen LogP contribution in [0.4, 0.5) is 18.9 Å². The van der Waals surface area contributed by atoms with Gasteiger partial charge in [0.1, 0.15) is 0 Å². The van der Waals surface area contributed by atoms with Gasteiger partial charge in [-0.15, -0.1) is 0 Å². The lowest BCUT2D eigenvalue weighted by atomic mass is 9.91. The number of ketones is 1. The van der Waals surface area contributed by atoms with Crippen LogP contribution in [0, 0.1) is 5.92 Å². The Morgan fingerprint density at radius 2 is 1.70 bits per heavy atom. The molecule has 198 valence electrons. The van der Waals surface area contributed by atoms with Crippen molar-refractivity contribution in [3.8, 4) is 11.4 Å². The first-order valence-corrected chi connectivity index (χ1v) is 12.2. The molecule has 1 unspecified atom stereocenters. The number of anilines is 1. The maximum absolute atomic E-state index is 12.8. The molecule has 7 nitrogen and oxygen atoms in total. The van der Waals surface area contributed by atoms with E-state index in [4.69, 9.17) is 4.74 Å². The second-order valence-electron chi connectivity index (χ2n) is 8.71. The Balaban J connectivity index is 1.67. The van der Waals surface area contributed by atoms with Gasteiger partial charge in [-0.05, 0) is 49.1 Å². The van der Waals surface area contributed by atoms with Gasteiger partial charge in [-0.2, -0.15) is 18.2 Å². The molecular weight excluding hydrogens is 487 g/mol. The molecule has 0 saturated carbocycles. The van der Waals surface area contributed by atoms with Crippen LogP contribution in [0.2, 0.25) is 0 Å². The molecule has 2 aromatic carbocycles. The summed E-state index contributed by atoms with van der Waals surface area (Å²) >= 11 is 0. The summed E-state index contributed by atoms with van der Waals surface area (Å²) < 4.78 is 47.5. The van der Waals surface area contributed by atoms with E-state index in [1.165, 1.54) is 0 Å². The van der Waals surface area contributed by atoms with Gasteiger partial charge in [0, 0.05) is 29.7 Å². The normalized spacial score (nSPS) is 13.1. The standard InChI is InChI=1S/C27H30F3N3O4/c1-4-17(3)24(19-9-11-20(12-10-19)25-32-26(37-33-25)27(28,29)30)31-21-15-13-18(14-16-21)22(34)7-6-8-23(35)36-5-2/h9-17,24,31H,4-8H2,1-3H3/t17?,24-/m0/s1. The van der Waals surface area contributed by atoms with Crippen molar-refractivity contribution in [2.45, 2.75) is 58.7 Å². The minimum Gasteiger partial charge on any atom is -0.466 e. The van der Waals surface area contributed by atoms with Crippen LogP contribution < -0.4 is 5.32 Å². The van der Waals surface area contributed by atoms with Gasteiger partial charge < -0.3 is 14.6 Å². The van der Waals surface area contributed by atoms with Gasteiger partial charge >= 0.3 is 18.0 Å². The number of halogens is 3. The SMILES string of the molecule is CCOC(=O)CCCC(=O)c1ccc(N[C@H](c2ccc(-c3noc(C(F)(F)F)n3)cc2)C(C)CC)cc1. The number of benzene rings is 2. The van der Waals surface area contributed by atoms with Crippen molar-refractivity contribution in [1.29, 1.82) is 0 Å². The Morgan fingerprint density at radius 3 is 2.27 bits per heavy atom. The molecule has 0 fully saturated rings. The van der Waals surface area contributed by atoms with Gasteiger partial charge in [-0.1, -0.05) is 49.7 Å². The number of nitrogens with zero attached hydrogens (tertiary/aromatic N) is 2. The summed E-state index contributed by atoms with van der Waals surface area (Å²) in [6.07, 6.45) is -2.90. The number of ether oxygens (including phenoxy) is 1. The molecule has 1 aromatic heterocycles. The molecule has 0 aliphatic carbocycles. The van der Waals surface area contributed by atoms with Crippen molar-refractivity contribution in [3.05, 3.63) is 65.5 Å². The number of hydrogen-bond acceptors (Lipinski definition) is 7. The molecule has 3 aromatic rings. The number of carbonyl (C=O) groups excluding carboxylic acids is 2. The summed E-state index contributed by atoms with van der Waals surface area (Å²) in [5.41, 5.74) is 2.75. The van der Waals surface area contributed by atoms with Gasteiger partial charge in [0.2, 0.25) is 5.82 Å². The maximum Gasteiger partial charge on any atom is 0.471 e. The first-order chi connectivity index (χ1) is 17.6. The third-order valence-electron chi connectivity index (χ3n) is 6.03. The van der Waals surface area contributed by atoms with Gasteiger partial charge in [-0.25, -0.2) is 0 Å². The fourth-order valence-electron chi connectivity index (χ4n) is 3.79. The largest absolute Gasteiger partial charge is 0.471 e. The van der Waals surface area contributed by atoms with E-state index in [0.29, 0.717) is 24.2 Å². The summed E-state index contributed by atoms with van der Waals surface area (Å²) in [5, 5.41) is 6.93. The molecule has 3 rings (SSSR count). The molecule has 0 bridgehead atoms. The molecule has 0 aliphatic rings. The van der Waals surface area contributed by atoms with Crippen LogP contribution in [-0.2, 0) is 15.7 Å². The number of carbonyl (C=O) groups is 2. The van der Waals surface area contributed by atoms with Crippen molar-refractivity contribution < 1.29 is 32.0 Å². The van der Waals surface area contributed by atoms with Gasteiger partial charge in [0.05, 0.1) is 12.6 Å². The molecule has 0 spiro atoms. The van der Waals surface area contributed by atoms with Crippen molar-refractivity contribution >= 4 is 17.4 Å². The predicted octanol–water partition coefficient (Wildman–Crippen LogP) is 6.87. The van der Waals surface area contributed by atoms with E-state index in [0.717, 1.165) is 17.7 Å². The van der Waals surface area contributed by atoms with Gasteiger partial charge in [0.25, 0.3) is 0 Å². The zero-order valence-electron chi connectivity index (χ0n) is 21.0. The van der Waals surface area contributed by atoms with Crippen molar-refractivity contribution in [2.24, 2.45) is 5.92 Å². The number of alkyl halides is 3. The van der Waals surface area contributed by atoms with Crippen LogP contribution in [0.1, 0.15) is 74.3 Å². The minimum absolute atomic E-state index is 0.0416. The molecule has 10 heteroatoms. The van der Waals surface area contributed by atoms with E-state index in [9.17, 15) is 22.8 Å². The summed E-state index contributed by atoms with van der Waals surface area (Å²) in [5.74, 6) is -1.62. The van der Waals surface area contributed by atoms with Crippen LogP contribution in [0.3, 0.4) is 0 Å². The number of aromatic nitrogens is 2. The molecule has 0 saturated heterocycles. The number of esters is 1. The molecule has 0 amide bonds. The molecular formula is C27H30F3N3O4. The van der Waals surface area contributed by atoms with Crippen LogP contribution in [0.25, 0.3) is 11.4 Å². The van der Waals surface area contributed by atoms with E-state index in [1.54, 1.807) is 31.2 Å². The average Bonchev–Trinajstić information content (AvgIpc) is 3.39. The van der Waals surface area contributed by atoms with Crippen LogP contribution in [-0.4, -0.2) is 28.5 Å². The smallest absolute Gasteiger partial charge is 0.466 e. The number of rotatable bonds is 12. The molecule has 0 radical (unpaired) electrons. The molecule has 0 aliphatic heterocycles. The van der Waals surface area contributed by atoms with Gasteiger partial charge in [-0.3, -0.25) is 9.59 Å². The Labute approximate surface area is 213 Å². The fraction of sp³-hybridized carbons (Fsp3) is 0.407. The first-order valence-electron chi connectivity index (χ1n) is 12.2. The van der Waals surface area contributed by atoms with Gasteiger partial charge in [0.15, 0.2) is 5.78 Å². The Morgan fingerprint density at radius 1 is 1.03 bits per heavy atom. The number of nitrogens with one attached hydrogen (secondary N) is 1. The fourth-order valence-corrected chi connectivity index (χ4v) is 3.79. The topological polar surface area (TPSA) is 94.3 Å². The number of Topliss-reactive ketones (excluding diaryl/α,β-unsaturated/α-hetero) is 1. The minimum atomic E-state index is -4.69. The summed E-state index contributed by atoms with van der Waals surface area (Å²) in [6, 6.07) is 14.1. The predicted molar refractivity (Wildman–Crippen MR) is 132 cm³/mol. The van der Waals surface area contributed by atoms with Crippen molar-refractivity contribution in [1.82, 2.24) is 10.1 Å². The van der Waals surface area contributed by atoms with E-state index in [1.807, 2.05) is 24.3 Å². The van der Waals surface area contributed by atoms with E-state index in [-0.39, 0.29) is 42.4 Å². The third-order valence-corrected chi connectivity index (χ3v) is 6.03. The molecule has 2 atom stereocenters. The average molecular weight is 518 g/mol. The van der Waals surface area contributed by atoms with E-state index in [2.05, 4.69) is 33.8 Å². The van der Waals surface area contributed by atoms with E-state index < -0.39 is 12.1 Å². The Hall–Kier alpha value is -3.69. The van der Waals surface area contributed by atoms with Crippen LogP contribution in [0.15, 0.2) is 53.1 Å². The van der Waals surface area contributed by atoms with Crippen LogP contribution >= 0.6 is 0 Å². The highest BCUT2D eigenvalue weighted by molar-refractivity contribution is 5.96. The van der Waals surface area contributed by atoms with Crippen molar-refractivity contribution in [3.63, 3.8) is 0 Å². The molecule has 37 heavy (non-hydrogen) atoms. The Bertz CT molecular complexity index is 1170. The number of hydrogen-bond donors (Lipinski definition) is 1. The monoisotopic (exact) mass is 517 g/mol. The second kappa shape index (κ2) is 12.5. The van der Waals surface area contributed by atoms with E-state index >= 15 is 0 Å². The second-order valence-corrected chi connectivity index (χ2v) is 8.71. The maximum atomic E-state index is 12.8. The molecule has 1 heterocycles. The summed E-state index contributed by atoms with van der Waals surface area (Å²) in [7, 11) is 0. The summed E-state index contributed by atoms with van der Waals surface area (Å²) in [6.45, 7) is 6.24. The van der Waals surface area contributed by atoms with Crippen LogP contribution in [0.5, 0.6) is 0 Å². The lowest BCUT2D eigenvalue weighted by Gasteiger charge is -2.26. The summed E-state index contributed by atoms with van der Waals surface area (Å²) in [4.78, 5) is 27.3. The van der Waals surface area contributed by atoms with Crippen molar-refractivity contribution in [2.75, 3.05) is 11.9 Å². The Kier molecular flexibility index (Phi) is 9.43. The lowest BCUT2D eigenvalue weighted by Crippen LogP contribution is -2.18. The highest BCUT2D eigenvalue weighted by atomic mass is 19.4.